The lowest BCUT2D eigenvalue weighted by Crippen LogP contribution is -2.33. The van der Waals surface area contributed by atoms with Crippen LogP contribution < -0.4 is 4.72 Å². The maximum Gasteiger partial charge on any atom is 0.215 e. The summed E-state index contributed by atoms with van der Waals surface area (Å²) < 4.78 is 40.2. The summed E-state index contributed by atoms with van der Waals surface area (Å²) in [6.07, 6.45) is 1.81. The van der Waals surface area contributed by atoms with Crippen LogP contribution in [0, 0.1) is 5.82 Å². The second-order valence-electron chi connectivity index (χ2n) is 5.99. The molecule has 1 aliphatic rings. The van der Waals surface area contributed by atoms with Crippen LogP contribution in [0.1, 0.15) is 24.0 Å². The van der Waals surface area contributed by atoms with Crippen LogP contribution in [0.5, 0.6) is 0 Å². The van der Waals surface area contributed by atoms with Crippen molar-refractivity contribution < 1.29 is 12.8 Å². The Morgan fingerprint density at radius 1 is 1.04 bits per heavy atom. The van der Waals surface area contributed by atoms with Crippen molar-refractivity contribution >= 4 is 21.6 Å². The first-order valence-electron chi connectivity index (χ1n) is 7.36. The number of nitrogens with one attached hydrogen (secondary N) is 1. The molecule has 0 atom stereocenters. The van der Waals surface area contributed by atoms with Gasteiger partial charge in [-0.25, -0.2) is 17.5 Å². The molecule has 2 aromatic rings. The average molecular weight is 354 g/mol. The third-order valence-electron chi connectivity index (χ3n) is 4.21. The summed E-state index contributed by atoms with van der Waals surface area (Å²) in [6.45, 7) is 0.342. The van der Waals surface area contributed by atoms with Crippen molar-refractivity contribution in [2.75, 3.05) is 6.54 Å². The molecule has 0 bridgehead atoms. The predicted octanol–water partition coefficient (Wildman–Crippen LogP) is 3.63. The van der Waals surface area contributed by atoms with Gasteiger partial charge in [-0.1, -0.05) is 35.9 Å². The van der Waals surface area contributed by atoms with Crippen molar-refractivity contribution in [1.29, 1.82) is 0 Å². The number of hydrogen-bond donors (Lipinski definition) is 1. The van der Waals surface area contributed by atoms with Crippen LogP contribution in [-0.4, -0.2) is 15.0 Å². The number of rotatable bonds is 6. The molecule has 0 heterocycles. The minimum Gasteiger partial charge on any atom is -0.214 e. The van der Waals surface area contributed by atoms with Crippen LogP contribution in [0.15, 0.2) is 48.5 Å². The molecule has 1 aliphatic carbocycles. The molecule has 1 saturated carbocycles. The molecule has 0 aliphatic heterocycles. The highest BCUT2D eigenvalue weighted by atomic mass is 35.5. The third-order valence-corrected chi connectivity index (χ3v) is 5.76. The molecule has 3 nitrogen and oxygen atoms in total. The van der Waals surface area contributed by atoms with E-state index in [-0.39, 0.29) is 17.0 Å². The van der Waals surface area contributed by atoms with Gasteiger partial charge in [0.15, 0.2) is 0 Å². The Hall–Kier alpha value is -1.43. The van der Waals surface area contributed by atoms with E-state index in [4.69, 9.17) is 11.6 Å². The van der Waals surface area contributed by atoms with E-state index in [1.165, 1.54) is 12.1 Å². The Balaban J connectivity index is 1.65. The van der Waals surface area contributed by atoms with Crippen molar-refractivity contribution in [3.63, 3.8) is 0 Å². The highest BCUT2D eigenvalue weighted by Gasteiger charge is 2.44. The van der Waals surface area contributed by atoms with Gasteiger partial charge in [-0.05, 0) is 48.2 Å². The molecular weight excluding hydrogens is 337 g/mol. The SMILES string of the molecule is O=S(=O)(Cc1ccc(Cl)cc1)NCC1(c2ccc(F)cc2)CC1. The molecule has 1 fully saturated rings. The summed E-state index contributed by atoms with van der Waals surface area (Å²) in [5.41, 5.74) is 1.47. The molecule has 0 aromatic heterocycles. The molecule has 6 heteroatoms. The van der Waals surface area contributed by atoms with E-state index in [0.717, 1.165) is 18.4 Å². The first-order valence-corrected chi connectivity index (χ1v) is 9.39. The monoisotopic (exact) mass is 353 g/mol. The zero-order valence-corrected chi connectivity index (χ0v) is 14.0. The predicted molar refractivity (Wildman–Crippen MR) is 89.4 cm³/mol. The molecular formula is C17H17ClFNO2S. The van der Waals surface area contributed by atoms with Crippen LogP contribution >= 0.6 is 11.6 Å². The molecule has 0 radical (unpaired) electrons. The fourth-order valence-corrected chi connectivity index (χ4v) is 3.98. The maximum atomic E-state index is 13.0. The van der Waals surface area contributed by atoms with Gasteiger partial charge in [0.05, 0.1) is 5.75 Å². The van der Waals surface area contributed by atoms with E-state index >= 15 is 0 Å². The van der Waals surface area contributed by atoms with Gasteiger partial charge in [0.2, 0.25) is 10.0 Å². The van der Waals surface area contributed by atoms with Crippen LogP contribution in [-0.2, 0) is 21.2 Å². The fraction of sp³-hybridized carbons (Fsp3) is 0.294. The Kier molecular flexibility index (Phi) is 4.45. The Labute approximate surface area is 140 Å². The quantitative estimate of drug-likeness (QED) is 0.862. The van der Waals surface area contributed by atoms with E-state index in [1.54, 1.807) is 36.4 Å². The fourth-order valence-electron chi connectivity index (χ4n) is 2.62. The lowest BCUT2D eigenvalue weighted by molar-refractivity contribution is 0.565. The molecule has 2 aromatic carbocycles. The highest BCUT2D eigenvalue weighted by molar-refractivity contribution is 7.88. The second-order valence-corrected chi connectivity index (χ2v) is 8.24. The molecule has 0 spiro atoms. The topological polar surface area (TPSA) is 46.2 Å². The zero-order valence-electron chi connectivity index (χ0n) is 12.4. The van der Waals surface area contributed by atoms with Crippen LogP contribution in [0.2, 0.25) is 5.02 Å². The normalized spacial score (nSPS) is 16.3. The van der Waals surface area contributed by atoms with Crippen molar-refractivity contribution in [3.05, 3.63) is 70.5 Å². The lowest BCUT2D eigenvalue weighted by atomic mass is 9.96. The lowest BCUT2D eigenvalue weighted by Gasteiger charge is -2.17. The molecule has 23 heavy (non-hydrogen) atoms. The van der Waals surface area contributed by atoms with Crippen molar-refractivity contribution in [3.8, 4) is 0 Å². The largest absolute Gasteiger partial charge is 0.215 e. The van der Waals surface area contributed by atoms with Crippen molar-refractivity contribution in [2.45, 2.75) is 24.0 Å². The number of benzene rings is 2. The van der Waals surface area contributed by atoms with Gasteiger partial charge in [0.1, 0.15) is 5.82 Å². The van der Waals surface area contributed by atoms with Crippen LogP contribution in [0.3, 0.4) is 0 Å². The summed E-state index contributed by atoms with van der Waals surface area (Å²) >= 11 is 5.80. The van der Waals surface area contributed by atoms with E-state index in [0.29, 0.717) is 17.1 Å². The molecule has 122 valence electrons. The maximum absolute atomic E-state index is 13.0. The third kappa shape index (κ3) is 4.10. The number of sulfonamides is 1. The average Bonchev–Trinajstić information content (AvgIpc) is 3.30. The first-order chi connectivity index (χ1) is 10.9. The molecule has 0 amide bonds. The molecule has 1 N–H and O–H groups in total. The molecule has 0 saturated heterocycles. The molecule has 3 rings (SSSR count). The summed E-state index contributed by atoms with van der Waals surface area (Å²) in [5.74, 6) is -0.364. The van der Waals surface area contributed by atoms with Crippen molar-refractivity contribution in [1.82, 2.24) is 4.72 Å². The zero-order chi connectivity index (χ0) is 16.5. The van der Waals surface area contributed by atoms with E-state index in [9.17, 15) is 12.8 Å². The van der Waals surface area contributed by atoms with Gasteiger partial charge in [-0.3, -0.25) is 0 Å². The standard InChI is InChI=1S/C17H17ClFNO2S/c18-15-5-1-13(2-6-15)11-23(21,22)20-12-17(9-10-17)14-3-7-16(19)8-4-14/h1-8,20H,9-12H2. The molecule has 0 unspecified atom stereocenters. The smallest absolute Gasteiger partial charge is 0.214 e. The highest BCUT2D eigenvalue weighted by Crippen LogP contribution is 2.47. The number of halogens is 2. The minimum atomic E-state index is -3.42. The van der Waals surface area contributed by atoms with E-state index in [2.05, 4.69) is 4.72 Å². The Morgan fingerprint density at radius 3 is 2.22 bits per heavy atom. The van der Waals surface area contributed by atoms with Gasteiger partial charge in [-0.15, -0.1) is 0 Å². The van der Waals surface area contributed by atoms with Gasteiger partial charge in [0, 0.05) is 17.0 Å². The summed E-state index contributed by atoms with van der Waals surface area (Å²) in [6, 6.07) is 13.0. The van der Waals surface area contributed by atoms with E-state index in [1.807, 2.05) is 0 Å². The summed E-state index contributed by atoms with van der Waals surface area (Å²) in [7, 11) is -3.42. The number of hydrogen-bond acceptors (Lipinski definition) is 2. The van der Waals surface area contributed by atoms with E-state index < -0.39 is 10.0 Å². The first kappa shape index (κ1) is 16.4. The van der Waals surface area contributed by atoms with Gasteiger partial charge in [0.25, 0.3) is 0 Å². The van der Waals surface area contributed by atoms with Crippen LogP contribution in [0.4, 0.5) is 4.39 Å². The van der Waals surface area contributed by atoms with Gasteiger partial charge in [-0.2, -0.15) is 0 Å². The van der Waals surface area contributed by atoms with Crippen molar-refractivity contribution in [2.24, 2.45) is 0 Å². The van der Waals surface area contributed by atoms with Crippen LogP contribution in [0.25, 0.3) is 0 Å². The minimum absolute atomic E-state index is 0.0797. The Bertz CT molecular complexity index is 784. The second kappa shape index (κ2) is 6.23. The summed E-state index contributed by atoms with van der Waals surface area (Å²) in [4.78, 5) is 0. The van der Waals surface area contributed by atoms with Gasteiger partial charge >= 0.3 is 0 Å². The van der Waals surface area contributed by atoms with Gasteiger partial charge < -0.3 is 0 Å². The Morgan fingerprint density at radius 2 is 1.65 bits per heavy atom. The summed E-state index contributed by atoms with van der Waals surface area (Å²) in [5, 5.41) is 0.576.